The first kappa shape index (κ1) is 11.2. The minimum Gasteiger partial charge on any atom is -0.466 e. The average molecular weight is 209 g/mol. The van der Waals surface area contributed by atoms with Gasteiger partial charge in [0.1, 0.15) is 5.82 Å². The standard InChI is InChI=1S/C11H12FNO2/c1-13-10-5-3-4-9(12)8(10)6-7-11(14)15-2/h3-7,13H,1-2H3/b7-6+. The minimum atomic E-state index is -0.514. The zero-order chi connectivity index (χ0) is 11.3. The highest BCUT2D eigenvalue weighted by Gasteiger charge is 2.04. The van der Waals surface area contributed by atoms with Gasteiger partial charge in [0.2, 0.25) is 0 Å². The number of halogens is 1. The third kappa shape index (κ3) is 2.80. The fourth-order valence-corrected chi connectivity index (χ4v) is 1.14. The van der Waals surface area contributed by atoms with Gasteiger partial charge in [-0.3, -0.25) is 0 Å². The second kappa shape index (κ2) is 5.14. The maximum Gasteiger partial charge on any atom is 0.330 e. The highest BCUT2D eigenvalue weighted by molar-refractivity contribution is 5.88. The lowest BCUT2D eigenvalue weighted by molar-refractivity contribution is -0.134. The summed E-state index contributed by atoms with van der Waals surface area (Å²) < 4.78 is 17.8. The Morgan fingerprint density at radius 1 is 1.53 bits per heavy atom. The van der Waals surface area contributed by atoms with Gasteiger partial charge in [-0.05, 0) is 18.2 Å². The van der Waals surface area contributed by atoms with Crippen LogP contribution in [0.2, 0.25) is 0 Å². The molecule has 0 spiro atoms. The van der Waals surface area contributed by atoms with E-state index in [9.17, 15) is 9.18 Å². The van der Waals surface area contributed by atoms with Crippen LogP contribution in [-0.4, -0.2) is 20.1 Å². The highest BCUT2D eigenvalue weighted by atomic mass is 19.1. The Balaban J connectivity index is 3.02. The number of hydrogen-bond acceptors (Lipinski definition) is 3. The molecular weight excluding hydrogens is 197 g/mol. The first-order valence-electron chi connectivity index (χ1n) is 4.41. The van der Waals surface area contributed by atoms with E-state index in [4.69, 9.17) is 0 Å². The molecule has 0 fully saturated rings. The number of anilines is 1. The van der Waals surface area contributed by atoms with Crippen LogP contribution in [0, 0.1) is 5.82 Å². The van der Waals surface area contributed by atoms with Crippen LogP contribution >= 0.6 is 0 Å². The molecule has 80 valence electrons. The number of carbonyl (C=O) groups excluding carboxylic acids is 1. The van der Waals surface area contributed by atoms with E-state index in [1.165, 1.54) is 25.3 Å². The second-order valence-corrected chi connectivity index (χ2v) is 2.81. The third-order valence-electron chi connectivity index (χ3n) is 1.91. The van der Waals surface area contributed by atoms with Crippen LogP contribution in [0.4, 0.5) is 10.1 Å². The van der Waals surface area contributed by atoms with E-state index >= 15 is 0 Å². The number of rotatable bonds is 3. The van der Waals surface area contributed by atoms with E-state index in [2.05, 4.69) is 10.1 Å². The Morgan fingerprint density at radius 2 is 2.27 bits per heavy atom. The van der Waals surface area contributed by atoms with Crippen LogP contribution in [0.15, 0.2) is 24.3 Å². The third-order valence-corrected chi connectivity index (χ3v) is 1.91. The van der Waals surface area contributed by atoms with Crippen molar-refractivity contribution in [2.45, 2.75) is 0 Å². The van der Waals surface area contributed by atoms with Crippen molar-refractivity contribution >= 4 is 17.7 Å². The van der Waals surface area contributed by atoms with Gasteiger partial charge in [-0.2, -0.15) is 0 Å². The first-order valence-corrected chi connectivity index (χ1v) is 4.41. The molecule has 0 atom stereocenters. The van der Waals surface area contributed by atoms with Crippen molar-refractivity contribution in [3.05, 3.63) is 35.7 Å². The zero-order valence-corrected chi connectivity index (χ0v) is 8.58. The molecule has 1 rings (SSSR count). The Kier molecular flexibility index (Phi) is 3.85. The highest BCUT2D eigenvalue weighted by Crippen LogP contribution is 2.19. The van der Waals surface area contributed by atoms with Gasteiger partial charge in [0.05, 0.1) is 7.11 Å². The molecule has 4 heteroatoms. The summed E-state index contributed by atoms with van der Waals surface area (Å²) in [6, 6.07) is 4.65. The molecule has 0 heterocycles. The summed E-state index contributed by atoms with van der Waals surface area (Å²) in [5.41, 5.74) is 0.959. The lowest BCUT2D eigenvalue weighted by Gasteiger charge is -2.05. The van der Waals surface area contributed by atoms with Gasteiger partial charge in [0.25, 0.3) is 0 Å². The molecule has 0 bridgehead atoms. The molecule has 15 heavy (non-hydrogen) atoms. The number of nitrogens with one attached hydrogen (secondary N) is 1. The summed E-state index contributed by atoms with van der Waals surface area (Å²) in [6.45, 7) is 0. The fraction of sp³-hybridized carbons (Fsp3) is 0.182. The van der Waals surface area contributed by atoms with E-state index in [-0.39, 0.29) is 5.82 Å². The van der Waals surface area contributed by atoms with E-state index in [1.54, 1.807) is 19.2 Å². The van der Waals surface area contributed by atoms with Gasteiger partial charge in [-0.15, -0.1) is 0 Å². The summed E-state index contributed by atoms with van der Waals surface area (Å²) in [6.07, 6.45) is 2.56. The quantitative estimate of drug-likeness (QED) is 0.611. The van der Waals surface area contributed by atoms with Gasteiger partial charge in [0, 0.05) is 24.4 Å². The average Bonchev–Trinajstić information content (AvgIpc) is 2.26. The van der Waals surface area contributed by atoms with Crippen molar-refractivity contribution in [1.82, 2.24) is 0 Å². The summed E-state index contributed by atoms with van der Waals surface area (Å²) >= 11 is 0. The first-order chi connectivity index (χ1) is 7.19. The molecule has 1 N–H and O–H groups in total. The maximum absolute atomic E-state index is 13.3. The number of carbonyl (C=O) groups is 1. The molecule has 1 aromatic rings. The molecule has 0 radical (unpaired) electrons. The molecule has 0 aromatic heterocycles. The lowest BCUT2D eigenvalue weighted by Crippen LogP contribution is -1.96. The van der Waals surface area contributed by atoms with Crippen molar-refractivity contribution in [2.24, 2.45) is 0 Å². The number of hydrogen-bond donors (Lipinski definition) is 1. The fourth-order valence-electron chi connectivity index (χ4n) is 1.14. The molecule has 0 aliphatic rings. The second-order valence-electron chi connectivity index (χ2n) is 2.81. The molecule has 0 aliphatic carbocycles. The van der Waals surface area contributed by atoms with E-state index < -0.39 is 5.97 Å². The number of ether oxygens (including phenoxy) is 1. The Hall–Kier alpha value is -1.84. The summed E-state index contributed by atoms with van der Waals surface area (Å²) in [4.78, 5) is 10.8. The SMILES string of the molecule is CNc1cccc(F)c1/C=C/C(=O)OC. The lowest BCUT2D eigenvalue weighted by atomic mass is 10.1. The van der Waals surface area contributed by atoms with Gasteiger partial charge in [-0.25, -0.2) is 9.18 Å². The van der Waals surface area contributed by atoms with Crippen LogP contribution in [0.1, 0.15) is 5.56 Å². The van der Waals surface area contributed by atoms with Crippen LogP contribution in [0.5, 0.6) is 0 Å². The maximum atomic E-state index is 13.3. The van der Waals surface area contributed by atoms with Gasteiger partial charge >= 0.3 is 5.97 Å². The van der Waals surface area contributed by atoms with Crippen LogP contribution in [0.3, 0.4) is 0 Å². The van der Waals surface area contributed by atoms with Crippen molar-refractivity contribution < 1.29 is 13.9 Å². The van der Waals surface area contributed by atoms with Crippen molar-refractivity contribution in [3.8, 4) is 0 Å². The van der Waals surface area contributed by atoms with Crippen molar-refractivity contribution in [2.75, 3.05) is 19.5 Å². The largest absolute Gasteiger partial charge is 0.466 e. The molecule has 3 nitrogen and oxygen atoms in total. The minimum absolute atomic E-state index is 0.338. The topological polar surface area (TPSA) is 38.3 Å². The van der Waals surface area contributed by atoms with Gasteiger partial charge in [0.15, 0.2) is 0 Å². The molecule has 1 aromatic carbocycles. The Bertz CT molecular complexity index is 388. The Morgan fingerprint density at radius 3 is 2.87 bits per heavy atom. The smallest absolute Gasteiger partial charge is 0.330 e. The van der Waals surface area contributed by atoms with Crippen molar-refractivity contribution in [3.63, 3.8) is 0 Å². The number of esters is 1. The van der Waals surface area contributed by atoms with Crippen LogP contribution < -0.4 is 5.32 Å². The monoisotopic (exact) mass is 209 g/mol. The summed E-state index contributed by atoms with van der Waals surface area (Å²) in [7, 11) is 2.96. The molecule has 0 saturated heterocycles. The predicted octanol–water partition coefficient (Wildman–Crippen LogP) is 2.05. The number of benzene rings is 1. The van der Waals surface area contributed by atoms with E-state index in [1.807, 2.05) is 0 Å². The number of methoxy groups -OCH3 is 1. The van der Waals surface area contributed by atoms with E-state index in [0.29, 0.717) is 11.3 Å². The Labute approximate surface area is 87.6 Å². The van der Waals surface area contributed by atoms with Crippen molar-refractivity contribution in [1.29, 1.82) is 0 Å². The predicted molar refractivity (Wildman–Crippen MR) is 57.0 cm³/mol. The van der Waals surface area contributed by atoms with Gasteiger partial charge in [-0.1, -0.05) is 6.07 Å². The van der Waals surface area contributed by atoms with Crippen LogP contribution in [0.25, 0.3) is 6.08 Å². The van der Waals surface area contributed by atoms with Gasteiger partial charge < -0.3 is 10.1 Å². The molecule has 0 amide bonds. The van der Waals surface area contributed by atoms with Crippen LogP contribution in [-0.2, 0) is 9.53 Å². The summed E-state index contributed by atoms with van der Waals surface area (Å²) in [5, 5.41) is 2.83. The molecular formula is C11H12FNO2. The molecule has 0 aliphatic heterocycles. The zero-order valence-electron chi connectivity index (χ0n) is 8.58. The summed E-state index contributed by atoms with van der Waals surface area (Å²) in [5.74, 6) is -0.901. The normalized spacial score (nSPS) is 10.3. The van der Waals surface area contributed by atoms with E-state index in [0.717, 1.165) is 0 Å². The molecule has 0 saturated carbocycles. The molecule has 0 unspecified atom stereocenters.